The summed E-state index contributed by atoms with van der Waals surface area (Å²) in [4.78, 5) is 8.91. The summed E-state index contributed by atoms with van der Waals surface area (Å²) in [6.45, 7) is 20.8. The molecule has 1 rings (SSSR count). The Hall–Kier alpha value is -0.790. The van der Waals surface area contributed by atoms with Crippen molar-refractivity contribution in [3.63, 3.8) is 0 Å². The maximum Gasteiger partial charge on any atom is 0.112 e. The van der Waals surface area contributed by atoms with Gasteiger partial charge in [0, 0.05) is 22.4 Å². The minimum atomic E-state index is 0.128. The summed E-state index contributed by atoms with van der Waals surface area (Å²) in [6.07, 6.45) is 6.19. The number of imidazole rings is 1. The van der Waals surface area contributed by atoms with Crippen LogP contribution in [-0.4, -0.2) is 9.97 Å². The van der Waals surface area contributed by atoms with Crippen LogP contribution in [0.15, 0.2) is 0 Å². The predicted molar refractivity (Wildman–Crippen MR) is 102 cm³/mol. The number of aromatic amines is 1. The molecule has 1 N–H and O–H groups in total. The minimum Gasteiger partial charge on any atom is -0.345 e. The summed E-state index contributed by atoms with van der Waals surface area (Å²) in [5.74, 6) is 2.33. The number of rotatable bonds is 9. The van der Waals surface area contributed by atoms with E-state index in [4.69, 9.17) is 4.98 Å². The van der Waals surface area contributed by atoms with E-state index in [9.17, 15) is 0 Å². The molecule has 1 aromatic rings. The monoisotopic (exact) mass is 320 g/mol. The highest BCUT2D eigenvalue weighted by Crippen LogP contribution is 2.37. The molecule has 0 radical (unpaired) electrons. The Morgan fingerprint density at radius 1 is 0.957 bits per heavy atom. The first-order valence-electron chi connectivity index (χ1n) is 9.67. The van der Waals surface area contributed by atoms with Crippen molar-refractivity contribution in [1.29, 1.82) is 0 Å². The summed E-state index contributed by atoms with van der Waals surface area (Å²) in [5.41, 5.74) is 2.92. The average molecular weight is 321 g/mol. The van der Waals surface area contributed by atoms with Crippen LogP contribution < -0.4 is 0 Å². The zero-order valence-corrected chi connectivity index (χ0v) is 17.1. The number of unbranched alkanes of at least 4 members (excludes halogenated alkanes) is 2. The molecule has 0 aliphatic heterocycles. The standard InChI is InChI=1S/C21H40N2/c1-10-12-13-14-21(8,9)19-22-17(16(5)15(3)4)18(23-19)20(6,7)11-2/h15-16H,10-14H2,1-9H3,(H,22,23). The van der Waals surface area contributed by atoms with Crippen LogP contribution >= 0.6 is 0 Å². The third-order valence-electron chi connectivity index (χ3n) is 5.76. The fourth-order valence-electron chi connectivity index (χ4n) is 2.99. The molecule has 2 nitrogen and oxygen atoms in total. The van der Waals surface area contributed by atoms with Crippen LogP contribution in [0.4, 0.5) is 0 Å². The van der Waals surface area contributed by atoms with Crippen LogP contribution in [0, 0.1) is 5.92 Å². The van der Waals surface area contributed by atoms with Crippen molar-refractivity contribution >= 4 is 0 Å². The highest BCUT2D eigenvalue weighted by atomic mass is 15.0. The first kappa shape index (κ1) is 20.3. The first-order chi connectivity index (χ1) is 10.6. The molecule has 2 heteroatoms. The normalized spacial score (nSPS) is 14.5. The molecule has 1 heterocycles. The number of nitrogens with one attached hydrogen (secondary N) is 1. The number of H-pyrrole nitrogens is 1. The van der Waals surface area contributed by atoms with E-state index in [0.29, 0.717) is 11.8 Å². The van der Waals surface area contributed by atoms with E-state index in [1.165, 1.54) is 42.9 Å². The van der Waals surface area contributed by atoms with Crippen LogP contribution in [0.5, 0.6) is 0 Å². The van der Waals surface area contributed by atoms with Crippen molar-refractivity contribution in [3.8, 4) is 0 Å². The Morgan fingerprint density at radius 3 is 2.04 bits per heavy atom. The Morgan fingerprint density at radius 2 is 1.57 bits per heavy atom. The van der Waals surface area contributed by atoms with E-state index in [-0.39, 0.29) is 10.8 Å². The van der Waals surface area contributed by atoms with E-state index in [1.54, 1.807) is 0 Å². The average Bonchev–Trinajstić information content (AvgIpc) is 2.93. The molecule has 0 amide bonds. The van der Waals surface area contributed by atoms with Gasteiger partial charge in [-0.05, 0) is 18.8 Å². The van der Waals surface area contributed by atoms with Crippen molar-refractivity contribution in [2.24, 2.45) is 5.92 Å². The molecular formula is C21H40N2. The van der Waals surface area contributed by atoms with Gasteiger partial charge in [0.05, 0.1) is 5.69 Å². The van der Waals surface area contributed by atoms with Gasteiger partial charge in [-0.2, -0.15) is 0 Å². The van der Waals surface area contributed by atoms with Crippen LogP contribution in [0.25, 0.3) is 0 Å². The molecule has 0 fully saturated rings. The van der Waals surface area contributed by atoms with Crippen LogP contribution in [0.3, 0.4) is 0 Å². The van der Waals surface area contributed by atoms with Crippen LogP contribution in [0.2, 0.25) is 0 Å². The van der Waals surface area contributed by atoms with Gasteiger partial charge in [0.1, 0.15) is 5.82 Å². The second kappa shape index (κ2) is 7.85. The lowest BCUT2D eigenvalue weighted by Crippen LogP contribution is -2.21. The van der Waals surface area contributed by atoms with E-state index in [0.717, 1.165) is 6.42 Å². The summed E-state index contributed by atoms with van der Waals surface area (Å²) < 4.78 is 0. The molecule has 1 aromatic heterocycles. The Labute approximate surface area is 144 Å². The molecule has 0 aromatic carbocycles. The Bertz CT molecular complexity index is 480. The summed E-state index contributed by atoms with van der Waals surface area (Å²) >= 11 is 0. The molecule has 23 heavy (non-hydrogen) atoms. The van der Waals surface area contributed by atoms with Crippen molar-refractivity contribution in [2.75, 3.05) is 0 Å². The highest BCUT2D eigenvalue weighted by molar-refractivity contribution is 5.28. The zero-order chi connectivity index (χ0) is 17.8. The third kappa shape index (κ3) is 4.84. The fourth-order valence-corrected chi connectivity index (χ4v) is 2.99. The molecule has 1 unspecified atom stereocenters. The maximum atomic E-state index is 5.15. The summed E-state index contributed by atoms with van der Waals surface area (Å²) in [5, 5.41) is 0. The topological polar surface area (TPSA) is 28.7 Å². The van der Waals surface area contributed by atoms with Gasteiger partial charge >= 0.3 is 0 Å². The van der Waals surface area contributed by atoms with Gasteiger partial charge < -0.3 is 4.98 Å². The zero-order valence-electron chi connectivity index (χ0n) is 17.1. The molecular weight excluding hydrogens is 280 g/mol. The molecule has 0 saturated carbocycles. The molecule has 0 aliphatic rings. The summed E-state index contributed by atoms with van der Waals surface area (Å²) in [6, 6.07) is 0. The SMILES string of the molecule is CCCCCC(C)(C)c1nc(C(C)(C)CC)c(C(C)C(C)C)[nH]1. The van der Waals surface area contributed by atoms with Crippen LogP contribution in [0.1, 0.15) is 118 Å². The molecule has 0 saturated heterocycles. The van der Waals surface area contributed by atoms with Gasteiger partial charge in [-0.3, -0.25) is 0 Å². The maximum absolute atomic E-state index is 5.15. The van der Waals surface area contributed by atoms with Crippen LogP contribution in [-0.2, 0) is 10.8 Å². The van der Waals surface area contributed by atoms with Crippen molar-refractivity contribution in [3.05, 3.63) is 17.2 Å². The lowest BCUT2D eigenvalue weighted by atomic mass is 9.81. The number of aromatic nitrogens is 2. The second-order valence-electron chi connectivity index (χ2n) is 8.96. The van der Waals surface area contributed by atoms with Gasteiger partial charge in [-0.15, -0.1) is 0 Å². The number of hydrogen-bond acceptors (Lipinski definition) is 1. The van der Waals surface area contributed by atoms with Crippen molar-refractivity contribution in [2.45, 2.75) is 111 Å². The highest BCUT2D eigenvalue weighted by Gasteiger charge is 2.33. The smallest absolute Gasteiger partial charge is 0.112 e. The van der Waals surface area contributed by atoms with Gasteiger partial charge in [-0.1, -0.05) is 81.6 Å². The van der Waals surface area contributed by atoms with E-state index < -0.39 is 0 Å². The Kier molecular flexibility index (Phi) is 6.92. The number of nitrogens with zero attached hydrogens (tertiary/aromatic N) is 1. The molecule has 1 atom stereocenters. The second-order valence-corrected chi connectivity index (χ2v) is 8.96. The van der Waals surface area contributed by atoms with E-state index >= 15 is 0 Å². The molecule has 0 spiro atoms. The molecule has 0 aliphatic carbocycles. The van der Waals surface area contributed by atoms with E-state index in [1.807, 2.05) is 0 Å². The quantitative estimate of drug-likeness (QED) is 0.503. The molecule has 0 bridgehead atoms. The van der Waals surface area contributed by atoms with Gasteiger partial charge in [0.15, 0.2) is 0 Å². The number of hydrogen-bond donors (Lipinski definition) is 1. The lowest BCUT2D eigenvalue weighted by molar-refractivity contribution is 0.424. The van der Waals surface area contributed by atoms with Gasteiger partial charge in [0.2, 0.25) is 0 Å². The van der Waals surface area contributed by atoms with Gasteiger partial charge in [-0.25, -0.2) is 4.98 Å². The fraction of sp³-hybridized carbons (Fsp3) is 0.857. The minimum absolute atomic E-state index is 0.128. The van der Waals surface area contributed by atoms with Crippen molar-refractivity contribution in [1.82, 2.24) is 9.97 Å². The lowest BCUT2D eigenvalue weighted by Gasteiger charge is -2.25. The first-order valence-corrected chi connectivity index (χ1v) is 9.67. The van der Waals surface area contributed by atoms with Crippen molar-refractivity contribution < 1.29 is 0 Å². The largest absolute Gasteiger partial charge is 0.345 e. The third-order valence-corrected chi connectivity index (χ3v) is 5.76. The summed E-state index contributed by atoms with van der Waals surface area (Å²) in [7, 11) is 0. The van der Waals surface area contributed by atoms with E-state index in [2.05, 4.69) is 67.3 Å². The predicted octanol–water partition coefficient (Wildman–Crippen LogP) is 6.71. The Balaban J connectivity index is 3.23. The molecule has 134 valence electrons. The van der Waals surface area contributed by atoms with Gasteiger partial charge in [0.25, 0.3) is 0 Å².